The maximum Gasteiger partial charge on any atom is 0.254 e. The van der Waals surface area contributed by atoms with E-state index in [1.807, 2.05) is 38.7 Å². The number of nitrogens with two attached hydrogens (primary N) is 1. The second-order valence-electron chi connectivity index (χ2n) is 6.18. The molecule has 1 aromatic rings. The molecule has 0 bridgehead atoms. The van der Waals surface area contributed by atoms with Gasteiger partial charge in [0.25, 0.3) is 5.91 Å². The van der Waals surface area contributed by atoms with Crippen molar-refractivity contribution in [2.24, 2.45) is 0 Å². The van der Waals surface area contributed by atoms with Crippen LogP contribution in [0, 0.1) is 0 Å². The number of ether oxygens (including phenoxy) is 1. The van der Waals surface area contributed by atoms with Crippen molar-refractivity contribution >= 4 is 11.7 Å². The van der Waals surface area contributed by atoms with Crippen molar-refractivity contribution in [3.05, 3.63) is 23.4 Å². The molecule has 0 saturated carbocycles. The van der Waals surface area contributed by atoms with Gasteiger partial charge >= 0.3 is 0 Å². The SMILES string of the molecule is CC(C)c1cc(C(=O)N2CCOCC2(C)C)cc(N)n1. The minimum absolute atomic E-state index is 0.00528. The molecule has 0 aliphatic carbocycles. The maximum absolute atomic E-state index is 12.7. The second-order valence-corrected chi connectivity index (χ2v) is 6.18. The summed E-state index contributed by atoms with van der Waals surface area (Å²) in [4.78, 5) is 18.9. The van der Waals surface area contributed by atoms with Crippen molar-refractivity contribution in [1.82, 2.24) is 9.88 Å². The molecule has 1 saturated heterocycles. The van der Waals surface area contributed by atoms with Crippen LogP contribution in [0.5, 0.6) is 0 Å². The van der Waals surface area contributed by atoms with E-state index in [1.165, 1.54) is 0 Å². The molecule has 1 aromatic heterocycles. The Balaban J connectivity index is 2.33. The van der Waals surface area contributed by atoms with Gasteiger partial charge in [0, 0.05) is 17.8 Å². The van der Waals surface area contributed by atoms with Crippen LogP contribution < -0.4 is 5.73 Å². The van der Waals surface area contributed by atoms with Gasteiger partial charge in [0.1, 0.15) is 5.82 Å². The lowest BCUT2D eigenvalue weighted by Crippen LogP contribution is -2.55. The van der Waals surface area contributed by atoms with E-state index in [4.69, 9.17) is 10.5 Å². The lowest BCUT2D eigenvalue weighted by atomic mass is 10.00. The molecule has 0 unspecified atom stereocenters. The molecule has 2 heterocycles. The number of carbonyl (C=O) groups is 1. The monoisotopic (exact) mass is 277 g/mol. The zero-order valence-electron chi connectivity index (χ0n) is 12.6. The highest BCUT2D eigenvalue weighted by atomic mass is 16.5. The summed E-state index contributed by atoms with van der Waals surface area (Å²) in [6.45, 7) is 9.83. The Bertz CT molecular complexity index is 512. The van der Waals surface area contributed by atoms with E-state index < -0.39 is 0 Å². The summed E-state index contributed by atoms with van der Waals surface area (Å²) in [6, 6.07) is 3.49. The van der Waals surface area contributed by atoms with Crippen LogP contribution in [0.2, 0.25) is 0 Å². The molecule has 1 amide bonds. The first kappa shape index (κ1) is 14.8. The Labute approximate surface area is 120 Å². The van der Waals surface area contributed by atoms with Crippen LogP contribution in [0.4, 0.5) is 5.82 Å². The maximum atomic E-state index is 12.7. The van der Waals surface area contributed by atoms with Gasteiger partial charge in [-0.25, -0.2) is 4.98 Å². The standard InChI is InChI=1S/C15H23N3O2/c1-10(2)12-7-11(8-13(16)17-12)14(19)18-5-6-20-9-15(18,3)4/h7-8,10H,5-6,9H2,1-4H3,(H2,16,17). The molecule has 1 fully saturated rings. The van der Waals surface area contributed by atoms with Crippen LogP contribution in [0.1, 0.15) is 49.7 Å². The molecule has 0 spiro atoms. The summed E-state index contributed by atoms with van der Waals surface area (Å²) < 4.78 is 5.46. The largest absolute Gasteiger partial charge is 0.384 e. The van der Waals surface area contributed by atoms with Crippen molar-refractivity contribution in [2.45, 2.75) is 39.2 Å². The van der Waals surface area contributed by atoms with Gasteiger partial charge < -0.3 is 15.4 Å². The molecule has 0 aromatic carbocycles. The minimum Gasteiger partial charge on any atom is -0.384 e. The number of rotatable bonds is 2. The molecule has 0 atom stereocenters. The highest BCUT2D eigenvalue weighted by molar-refractivity contribution is 5.95. The molecular formula is C15H23N3O2. The number of hydrogen-bond donors (Lipinski definition) is 1. The van der Waals surface area contributed by atoms with Crippen molar-refractivity contribution in [3.8, 4) is 0 Å². The first-order valence-corrected chi connectivity index (χ1v) is 6.98. The molecule has 5 nitrogen and oxygen atoms in total. The normalized spacial score (nSPS) is 18.4. The zero-order valence-corrected chi connectivity index (χ0v) is 12.6. The Hall–Kier alpha value is -1.62. The second kappa shape index (κ2) is 5.40. The molecule has 0 radical (unpaired) electrons. The fraction of sp³-hybridized carbons (Fsp3) is 0.600. The van der Waals surface area contributed by atoms with E-state index in [9.17, 15) is 4.79 Å². The molecule has 110 valence electrons. The molecule has 5 heteroatoms. The van der Waals surface area contributed by atoms with Crippen molar-refractivity contribution in [2.75, 3.05) is 25.5 Å². The Morgan fingerprint density at radius 3 is 2.75 bits per heavy atom. The summed E-state index contributed by atoms with van der Waals surface area (Å²) in [5.41, 5.74) is 6.98. The highest BCUT2D eigenvalue weighted by Crippen LogP contribution is 2.23. The number of nitrogen functional groups attached to an aromatic ring is 1. The Morgan fingerprint density at radius 2 is 2.15 bits per heavy atom. The highest BCUT2D eigenvalue weighted by Gasteiger charge is 2.34. The van der Waals surface area contributed by atoms with Gasteiger partial charge in [0.2, 0.25) is 0 Å². The van der Waals surface area contributed by atoms with Gasteiger partial charge in [-0.15, -0.1) is 0 Å². The number of amides is 1. The van der Waals surface area contributed by atoms with Crippen molar-refractivity contribution < 1.29 is 9.53 Å². The summed E-state index contributed by atoms with van der Waals surface area (Å²) in [7, 11) is 0. The van der Waals surface area contributed by atoms with E-state index in [-0.39, 0.29) is 17.4 Å². The van der Waals surface area contributed by atoms with Crippen LogP contribution in [-0.4, -0.2) is 41.1 Å². The van der Waals surface area contributed by atoms with Crippen LogP contribution in [-0.2, 0) is 4.74 Å². The number of pyridine rings is 1. The van der Waals surface area contributed by atoms with Crippen LogP contribution in [0.3, 0.4) is 0 Å². The van der Waals surface area contributed by atoms with Crippen molar-refractivity contribution in [3.63, 3.8) is 0 Å². The summed E-state index contributed by atoms with van der Waals surface area (Å²) in [5, 5.41) is 0. The topological polar surface area (TPSA) is 68.5 Å². The van der Waals surface area contributed by atoms with Crippen LogP contribution in [0.15, 0.2) is 12.1 Å². The van der Waals surface area contributed by atoms with Gasteiger partial charge in [-0.05, 0) is 31.9 Å². The fourth-order valence-electron chi connectivity index (χ4n) is 2.38. The Morgan fingerprint density at radius 1 is 1.45 bits per heavy atom. The number of carbonyl (C=O) groups excluding carboxylic acids is 1. The summed E-state index contributed by atoms with van der Waals surface area (Å²) in [6.07, 6.45) is 0. The predicted molar refractivity (Wildman–Crippen MR) is 78.7 cm³/mol. The first-order valence-electron chi connectivity index (χ1n) is 6.98. The predicted octanol–water partition coefficient (Wildman–Crippen LogP) is 2.04. The van der Waals surface area contributed by atoms with E-state index >= 15 is 0 Å². The molecule has 2 N–H and O–H groups in total. The van der Waals surface area contributed by atoms with Crippen LogP contribution in [0.25, 0.3) is 0 Å². The van der Waals surface area contributed by atoms with Crippen molar-refractivity contribution in [1.29, 1.82) is 0 Å². The third kappa shape index (κ3) is 2.93. The van der Waals surface area contributed by atoms with Gasteiger partial charge in [0.05, 0.1) is 18.8 Å². The Kier molecular flexibility index (Phi) is 3.99. The number of nitrogens with zero attached hydrogens (tertiary/aromatic N) is 2. The average molecular weight is 277 g/mol. The fourth-order valence-corrected chi connectivity index (χ4v) is 2.38. The van der Waals surface area contributed by atoms with Gasteiger partial charge in [-0.2, -0.15) is 0 Å². The van der Waals surface area contributed by atoms with E-state index in [2.05, 4.69) is 4.98 Å². The average Bonchev–Trinajstić information content (AvgIpc) is 2.36. The van der Waals surface area contributed by atoms with E-state index in [0.29, 0.717) is 31.1 Å². The molecular weight excluding hydrogens is 254 g/mol. The van der Waals surface area contributed by atoms with E-state index in [0.717, 1.165) is 5.69 Å². The molecule has 1 aliphatic heterocycles. The molecule has 20 heavy (non-hydrogen) atoms. The van der Waals surface area contributed by atoms with E-state index in [1.54, 1.807) is 6.07 Å². The number of anilines is 1. The van der Waals surface area contributed by atoms with Gasteiger partial charge in [0.15, 0.2) is 0 Å². The minimum atomic E-state index is -0.300. The lowest BCUT2D eigenvalue weighted by molar-refractivity contribution is -0.0370. The van der Waals surface area contributed by atoms with Crippen LogP contribution >= 0.6 is 0 Å². The molecule has 2 rings (SSSR count). The van der Waals surface area contributed by atoms with Gasteiger partial charge in [-0.3, -0.25) is 4.79 Å². The summed E-state index contributed by atoms with van der Waals surface area (Å²) in [5.74, 6) is 0.627. The number of morpholine rings is 1. The molecule has 1 aliphatic rings. The number of aromatic nitrogens is 1. The first-order chi connectivity index (χ1) is 9.31. The zero-order chi connectivity index (χ0) is 14.9. The smallest absolute Gasteiger partial charge is 0.254 e. The lowest BCUT2D eigenvalue weighted by Gasteiger charge is -2.42. The quantitative estimate of drug-likeness (QED) is 0.898. The summed E-state index contributed by atoms with van der Waals surface area (Å²) >= 11 is 0. The van der Waals surface area contributed by atoms with Gasteiger partial charge in [-0.1, -0.05) is 13.8 Å². The third-order valence-electron chi connectivity index (χ3n) is 3.59. The third-order valence-corrected chi connectivity index (χ3v) is 3.59. The number of hydrogen-bond acceptors (Lipinski definition) is 4.